The monoisotopic (exact) mass is 339 g/mol. The van der Waals surface area contributed by atoms with E-state index in [-0.39, 0.29) is 18.1 Å². The molecule has 1 N–H and O–H groups in total. The van der Waals surface area contributed by atoms with Crippen LogP contribution in [0.3, 0.4) is 0 Å². The molecule has 3 rings (SSSR count). The van der Waals surface area contributed by atoms with Gasteiger partial charge in [-0.25, -0.2) is 9.37 Å². The Balaban J connectivity index is 1.54. The van der Waals surface area contributed by atoms with Crippen LogP contribution in [0.4, 0.5) is 4.39 Å². The number of halogens is 1. The largest absolute Gasteiger partial charge is 0.355 e. The summed E-state index contributed by atoms with van der Waals surface area (Å²) in [4.78, 5) is 16.4. The summed E-state index contributed by atoms with van der Waals surface area (Å²) in [5, 5.41) is 2.91. The lowest BCUT2D eigenvalue weighted by Crippen LogP contribution is -2.27. The van der Waals surface area contributed by atoms with Gasteiger partial charge >= 0.3 is 0 Å². The smallest absolute Gasteiger partial charge is 0.224 e. The maximum atomic E-state index is 12.9. The van der Waals surface area contributed by atoms with Crippen LogP contribution in [0.2, 0.25) is 0 Å². The number of nitrogens with one attached hydrogen (secondary N) is 1. The molecule has 1 amide bonds. The lowest BCUT2D eigenvalue weighted by molar-refractivity contribution is -0.120. The summed E-state index contributed by atoms with van der Waals surface area (Å²) in [5.41, 5.74) is 4.05. The average Bonchev–Trinajstić information content (AvgIpc) is 3.00. The van der Waals surface area contributed by atoms with Gasteiger partial charge in [0.25, 0.3) is 0 Å². The Kier molecular flexibility index (Phi) is 5.12. The molecule has 0 aliphatic heterocycles. The number of carbonyl (C=O) groups is 1. The third-order valence-electron chi connectivity index (χ3n) is 4.21. The Labute approximate surface area is 146 Å². The van der Waals surface area contributed by atoms with Crippen LogP contribution in [-0.4, -0.2) is 22.0 Å². The maximum Gasteiger partial charge on any atom is 0.224 e. The van der Waals surface area contributed by atoms with Crippen LogP contribution in [0.5, 0.6) is 0 Å². The molecule has 0 fully saturated rings. The van der Waals surface area contributed by atoms with E-state index in [2.05, 4.69) is 46.9 Å². The molecule has 3 aromatic rings. The van der Waals surface area contributed by atoms with E-state index in [1.165, 1.54) is 12.1 Å². The molecule has 0 spiro atoms. The molecule has 0 aliphatic carbocycles. The maximum absolute atomic E-state index is 12.9. The van der Waals surface area contributed by atoms with Gasteiger partial charge < -0.3 is 9.88 Å². The predicted molar refractivity (Wildman–Crippen MR) is 96.9 cm³/mol. The van der Waals surface area contributed by atoms with Crippen molar-refractivity contribution >= 4 is 16.9 Å². The van der Waals surface area contributed by atoms with Gasteiger partial charge in [-0.3, -0.25) is 4.79 Å². The number of rotatable bonds is 6. The zero-order chi connectivity index (χ0) is 17.8. The SMILES string of the molecule is CC(C)n1cnc2cc(CCNC(=O)Cc3ccc(F)cc3)ccc21. The van der Waals surface area contributed by atoms with E-state index in [0.29, 0.717) is 12.6 Å². The van der Waals surface area contributed by atoms with Crippen molar-refractivity contribution < 1.29 is 9.18 Å². The number of hydrogen-bond acceptors (Lipinski definition) is 2. The highest BCUT2D eigenvalue weighted by atomic mass is 19.1. The minimum Gasteiger partial charge on any atom is -0.355 e. The van der Waals surface area contributed by atoms with Gasteiger partial charge in [0.15, 0.2) is 0 Å². The van der Waals surface area contributed by atoms with Crippen LogP contribution in [-0.2, 0) is 17.6 Å². The summed E-state index contributed by atoms with van der Waals surface area (Å²) < 4.78 is 15.0. The zero-order valence-electron chi connectivity index (χ0n) is 14.5. The van der Waals surface area contributed by atoms with Crippen LogP contribution < -0.4 is 5.32 Å². The van der Waals surface area contributed by atoms with Crippen LogP contribution in [0.25, 0.3) is 11.0 Å². The minimum absolute atomic E-state index is 0.0585. The molecule has 0 atom stereocenters. The molecule has 0 bridgehead atoms. The molecule has 130 valence electrons. The first-order valence-corrected chi connectivity index (χ1v) is 8.49. The Morgan fingerprint density at radius 1 is 1.16 bits per heavy atom. The van der Waals surface area contributed by atoms with Crippen molar-refractivity contribution in [3.05, 3.63) is 65.7 Å². The molecular weight excluding hydrogens is 317 g/mol. The Morgan fingerprint density at radius 2 is 1.88 bits per heavy atom. The molecular formula is C20H22FN3O. The van der Waals surface area contributed by atoms with Gasteiger partial charge in [-0.1, -0.05) is 18.2 Å². The number of hydrogen-bond donors (Lipinski definition) is 1. The van der Waals surface area contributed by atoms with Crippen LogP contribution in [0.15, 0.2) is 48.8 Å². The third kappa shape index (κ3) is 4.24. The first-order chi connectivity index (χ1) is 12.0. The van der Waals surface area contributed by atoms with Crippen molar-refractivity contribution in [1.29, 1.82) is 0 Å². The summed E-state index contributed by atoms with van der Waals surface area (Å²) in [6.45, 7) is 4.83. The van der Waals surface area contributed by atoms with E-state index in [4.69, 9.17) is 0 Å². The van der Waals surface area contributed by atoms with Gasteiger partial charge in [0.05, 0.1) is 23.8 Å². The van der Waals surface area contributed by atoms with Gasteiger partial charge in [0, 0.05) is 12.6 Å². The van der Waals surface area contributed by atoms with Gasteiger partial charge in [0.2, 0.25) is 5.91 Å². The molecule has 4 nitrogen and oxygen atoms in total. The highest BCUT2D eigenvalue weighted by Crippen LogP contribution is 2.18. The van der Waals surface area contributed by atoms with Crippen LogP contribution >= 0.6 is 0 Å². The van der Waals surface area contributed by atoms with E-state index < -0.39 is 0 Å². The van der Waals surface area contributed by atoms with Gasteiger partial charge in [0.1, 0.15) is 5.82 Å². The molecule has 1 heterocycles. The quantitative estimate of drug-likeness (QED) is 0.745. The standard InChI is InChI=1S/C20H22FN3O/c1-14(2)24-13-23-18-11-16(5-8-19(18)24)9-10-22-20(25)12-15-3-6-17(21)7-4-15/h3-8,11,13-14H,9-10,12H2,1-2H3,(H,22,25). The van der Waals surface area contributed by atoms with Crippen LogP contribution in [0, 0.1) is 5.82 Å². The molecule has 0 radical (unpaired) electrons. The van der Waals surface area contributed by atoms with Crippen molar-refractivity contribution in [1.82, 2.24) is 14.9 Å². The van der Waals surface area contributed by atoms with Crippen molar-refractivity contribution in [2.24, 2.45) is 0 Å². The Bertz CT molecular complexity index is 868. The Hall–Kier alpha value is -2.69. The molecule has 0 saturated heterocycles. The van der Waals surface area contributed by atoms with E-state index in [9.17, 15) is 9.18 Å². The summed E-state index contributed by atoms with van der Waals surface area (Å²) in [5.74, 6) is -0.351. The highest BCUT2D eigenvalue weighted by Gasteiger charge is 2.07. The molecule has 1 aromatic heterocycles. The molecule has 0 unspecified atom stereocenters. The lowest BCUT2D eigenvalue weighted by atomic mass is 10.1. The summed E-state index contributed by atoms with van der Waals surface area (Å²) >= 11 is 0. The van der Waals surface area contributed by atoms with Gasteiger partial charge in [-0.2, -0.15) is 0 Å². The molecule has 0 saturated carbocycles. The summed E-state index contributed by atoms with van der Waals surface area (Å²) in [7, 11) is 0. The number of aromatic nitrogens is 2. The number of carbonyl (C=O) groups excluding carboxylic acids is 1. The van der Waals surface area contributed by atoms with E-state index in [1.807, 2.05) is 6.33 Å². The van der Waals surface area contributed by atoms with E-state index in [0.717, 1.165) is 28.6 Å². The second kappa shape index (κ2) is 7.47. The fourth-order valence-corrected chi connectivity index (χ4v) is 2.84. The van der Waals surface area contributed by atoms with E-state index >= 15 is 0 Å². The second-order valence-corrected chi connectivity index (χ2v) is 6.47. The summed E-state index contributed by atoms with van der Waals surface area (Å²) in [6, 6.07) is 12.6. The van der Waals surface area contributed by atoms with Gasteiger partial charge in [-0.05, 0) is 55.7 Å². The first-order valence-electron chi connectivity index (χ1n) is 8.49. The van der Waals surface area contributed by atoms with Gasteiger partial charge in [-0.15, -0.1) is 0 Å². The number of fused-ring (bicyclic) bond motifs is 1. The predicted octanol–water partition coefficient (Wildman–Crippen LogP) is 3.66. The highest BCUT2D eigenvalue weighted by molar-refractivity contribution is 5.78. The second-order valence-electron chi connectivity index (χ2n) is 6.47. The van der Waals surface area contributed by atoms with Crippen molar-refractivity contribution in [2.75, 3.05) is 6.54 Å². The van der Waals surface area contributed by atoms with Crippen molar-refractivity contribution in [3.8, 4) is 0 Å². The number of benzene rings is 2. The summed E-state index contributed by atoms with van der Waals surface area (Å²) in [6.07, 6.45) is 2.88. The fraction of sp³-hybridized carbons (Fsp3) is 0.300. The number of amides is 1. The third-order valence-corrected chi connectivity index (χ3v) is 4.21. The molecule has 0 aliphatic rings. The topological polar surface area (TPSA) is 46.9 Å². The van der Waals surface area contributed by atoms with Crippen molar-refractivity contribution in [3.63, 3.8) is 0 Å². The Morgan fingerprint density at radius 3 is 2.60 bits per heavy atom. The molecule has 2 aromatic carbocycles. The van der Waals surface area contributed by atoms with Crippen molar-refractivity contribution in [2.45, 2.75) is 32.7 Å². The lowest BCUT2D eigenvalue weighted by Gasteiger charge is -2.09. The normalized spacial score (nSPS) is 11.2. The number of nitrogens with zero attached hydrogens (tertiary/aromatic N) is 2. The minimum atomic E-state index is -0.292. The van der Waals surface area contributed by atoms with Crippen LogP contribution in [0.1, 0.15) is 31.0 Å². The number of imidazole rings is 1. The zero-order valence-corrected chi connectivity index (χ0v) is 14.5. The fourth-order valence-electron chi connectivity index (χ4n) is 2.84. The van der Waals surface area contributed by atoms with E-state index in [1.54, 1.807) is 12.1 Å². The molecule has 25 heavy (non-hydrogen) atoms. The first kappa shape index (κ1) is 17.1. The average molecular weight is 339 g/mol. The molecule has 5 heteroatoms.